The van der Waals surface area contributed by atoms with E-state index in [1.165, 1.54) is 0 Å². The van der Waals surface area contributed by atoms with E-state index in [-0.39, 0.29) is 0 Å². The maximum atomic E-state index is 5.56. The predicted octanol–water partition coefficient (Wildman–Crippen LogP) is 2.33. The second kappa shape index (κ2) is 5.41. The van der Waals surface area contributed by atoms with Crippen LogP contribution >= 0.6 is 0 Å². The van der Waals surface area contributed by atoms with Gasteiger partial charge in [0.15, 0.2) is 0 Å². The number of methoxy groups -OCH3 is 1. The summed E-state index contributed by atoms with van der Waals surface area (Å²) in [7, 11) is 1.63. The normalized spacial score (nSPS) is 10.2. The molecule has 0 radical (unpaired) electrons. The highest BCUT2D eigenvalue weighted by molar-refractivity contribution is 5.31. The van der Waals surface area contributed by atoms with Gasteiger partial charge in [-0.2, -0.15) is 0 Å². The van der Waals surface area contributed by atoms with Gasteiger partial charge >= 0.3 is 0 Å². The largest absolute Gasteiger partial charge is 0.497 e. The minimum Gasteiger partial charge on any atom is -0.497 e. The molecule has 90 valence electrons. The highest BCUT2D eigenvalue weighted by Gasteiger charge is 2.01. The first-order chi connectivity index (χ1) is 8.31. The van der Waals surface area contributed by atoms with Crippen molar-refractivity contribution in [2.24, 2.45) is 5.73 Å². The van der Waals surface area contributed by atoms with Crippen molar-refractivity contribution < 1.29 is 13.9 Å². The summed E-state index contributed by atoms with van der Waals surface area (Å²) in [5.74, 6) is 3.11. The van der Waals surface area contributed by atoms with Crippen molar-refractivity contribution in [3.8, 4) is 11.5 Å². The molecule has 0 saturated heterocycles. The zero-order valence-corrected chi connectivity index (χ0v) is 9.68. The van der Waals surface area contributed by atoms with Gasteiger partial charge in [0.05, 0.1) is 13.7 Å². The lowest BCUT2D eigenvalue weighted by Gasteiger charge is -2.05. The van der Waals surface area contributed by atoms with Crippen molar-refractivity contribution in [3.05, 3.63) is 47.9 Å². The quantitative estimate of drug-likeness (QED) is 0.861. The lowest BCUT2D eigenvalue weighted by molar-refractivity contribution is 0.266. The number of ether oxygens (including phenoxy) is 2. The molecule has 1 heterocycles. The second-order valence-corrected chi connectivity index (χ2v) is 3.54. The molecule has 0 amide bonds. The van der Waals surface area contributed by atoms with Crippen LogP contribution in [0, 0.1) is 0 Å². The Bertz CT molecular complexity index is 462. The van der Waals surface area contributed by atoms with E-state index >= 15 is 0 Å². The van der Waals surface area contributed by atoms with E-state index in [0.717, 1.165) is 23.0 Å². The molecule has 1 aromatic carbocycles. The van der Waals surface area contributed by atoms with Gasteiger partial charge in [0.25, 0.3) is 0 Å². The average Bonchev–Trinajstić information content (AvgIpc) is 2.85. The molecule has 4 heteroatoms. The number of furan rings is 1. The van der Waals surface area contributed by atoms with Gasteiger partial charge in [-0.05, 0) is 36.4 Å². The molecule has 0 aliphatic carbocycles. The molecule has 2 aromatic rings. The van der Waals surface area contributed by atoms with Crippen molar-refractivity contribution in [2.75, 3.05) is 7.11 Å². The molecule has 0 atom stereocenters. The Balaban J connectivity index is 1.92. The maximum Gasteiger partial charge on any atom is 0.146 e. The van der Waals surface area contributed by atoms with E-state index in [0.29, 0.717) is 13.2 Å². The van der Waals surface area contributed by atoms with Gasteiger partial charge in [0.2, 0.25) is 0 Å². The van der Waals surface area contributed by atoms with Crippen molar-refractivity contribution in [2.45, 2.75) is 13.2 Å². The van der Waals surface area contributed by atoms with Crippen LogP contribution in [0.5, 0.6) is 11.5 Å². The SMILES string of the molecule is COc1ccc(OCc2ccc(CN)o2)cc1. The molecule has 0 bridgehead atoms. The summed E-state index contributed by atoms with van der Waals surface area (Å²) in [6.45, 7) is 0.800. The molecule has 2 N–H and O–H groups in total. The third kappa shape index (κ3) is 3.01. The Morgan fingerprint density at radius 3 is 2.24 bits per heavy atom. The molecular weight excluding hydrogens is 218 g/mol. The average molecular weight is 233 g/mol. The first-order valence-electron chi connectivity index (χ1n) is 5.36. The molecular formula is C13H15NO3. The van der Waals surface area contributed by atoms with Crippen LogP contribution < -0.4 is 15.2 Å². The second-order valence-electron chi connectivity index (χ2n) is 3.54. The molecule has 17 heavy (non-hydrogen) atoms. The molecule has 1 aromatic heterocycles. The topological polar surface area (TPSA) is 57.6 Å². The van der Waals surface area contributed by atoms with E-state index in [1.807, 2.05) is 36.4 Å². The summed E-state index contributed by atoms with van der Waals surface area (Å²) in [6, 6.07) is 11.1. The number of hydrogen-bond donors (Lipinski definition) is 1. The number of rotatable bonds is 5. The maximum absolute atomic E-state index is 5.56. The fourth-order valence-corrected chi connectivity index (χ4v) is 1.44. The fraction of sp³-hybridized carbons (Fsp3) is 0.231. The van der Waals surface area contributed by atoms with Crippen LogP contribution in [0.15, 0.2) is 40.8 Å². The van der Waals surface area contributed by atoms with E-state index in [4.69, 9.17) is 19.6 Å². The summed E-state index contributed by atoms with van der Waals surface area (Å²) < 4.78 is 16.0. The van der Waals surface area contributed by atoms with Gasteiger partial charge < -0.3 is 19.6 Å². The van der Waals surface area contributed by atoms with Gasteiger partial charge in [-0.1, -0.05) is 0 Å². The van der Waals surface area contributed by atoms with Crippen LogP contribution in [0.2, 0.25) is 0 Å². The van der Waals surface area contributed by atoms with Gasteiger partial charge in [-0.3, -0.25) is 0 Å². The first kappa shape index (κ1) is 11.5. The molecule has 0 spiro atoms. The summed E-state index contributed by atoms with van der Waals surface area (Å²) >= 11 is 0. The zero-order chi connectivity index (χ0) is 12.1. The zero-order valence-electron chi connectivity index (χ0n) is 9.68. The van der Waals surface area contributed by atoms with Crippen LogP contribution in [-0.4, -0.2) is 7.11 Å². The van der Waals surface area contributed by atoms with Gasteiger partial charge in [0, 0.05) is 0 Å². The lowest BCUT2D eigenvalue weighted by Crippen LogP contribution is -1.95. The molecule has 0 aliphatic heterocycles. The Morgan fingerprint density at radius 1 is 1.00 bits per heavy atom. The molecule has 0 unspecified atom stereocenters. The summed E-state index contributed by atoms with van der Waals surface area (Å²) in [6.07, 6.45) is 0. The Labute approximate surface area is 99.9 Å². The number of benzene rings is 1. The fourth-order valence-electron chi connectivity index (χ4n) is 1.44. The summed E-state index contributed by atoms with van der Waals surface area (Å²) in [5, 5.41) is 0. The molecule has 0 aliphatic rings. The molecule has 2 rings (SSSR count). The van der Waals surface area contributed by atoms with Crippen molar-refractivity contribution in [1.29, 1.82) is 0 Å². The van der Waals surface area contributed by atoms with Crippen molar-refractivity contribution in [1.82, 2.24) is 0 Å². The number of hydrogen-bond acceptors (Lipinski definition) is 4. The third-order valence-corrected chi connectivity index (χ3v) is 2.36. The van der Waals surface area contributed by atoms with Crippen LogP contribution in [0.1, 0.15) is 11.5 Å². The summed E-state index contributed by atoms with van der Waals surface area (Å²) in [4.78, 5) is 0. The third-order valence-electron chi connectivity index (χ3n) is 2.36. The Hall–Kier alpha value is -1.94. The van der Waals surface area contributed by atoms with Gasteiger partial charge in [0.1, 0.15) is 29.6 Å². The minimum absolute atomic E-state index is 0.395. The predicted molar refractivity (Wildman–Crippen MR) is 63.9 cm³/mol. The highest BCUT2D eigenvalue weighted by Crippen LogP contribution is 2.18. The van der Waals surface area contributed by atoms with Gasteiger partial charge in [-0.25, -0.2) is 0 Å². The van der Waals surface area contributed by atoms with E-state index in [2.05, 4.69) is 0 Å². The Morgan fingerprint density at radius 2 is 1.65 bits per heavy atom. The smallest absolute Gasteiger partial charge is 0.146 e. The van der Waals surface area contributed by atoms with E-state index in [9.17, 15) is 0 Å². The molecule has 0 saturated carbocycles. The Kier molecular flexibility index (Phi) is 3.67. The molecule has 0 fully saturated rings. The van der Waals surface area contributed by atoms with Gasteiger partial charge in [-0.15, -0.1) is 0 Å². The number of nitrogens with two attached hydrogens (primary N) is 1. The van der Waals surface area contributed by atoms with E-state index < -0.39 is 0 Å². The lowest BCUT2D eigenvalue weighted by atomic mass is 10.3. The van der Waals surface area contributed by atoms with E-state index in [1.54, 1.807) is 7.11 Å². The van der Waals surface area contributed by atoms with Crippen LogP contribution in [0.4, 0.5) is 0 Å². The molecule has 4 nitrogen and oxygen atoms in total. The minimum atomic E-state index is 0.395. The first-order valence-corrected chi connectivity index (χ1v) is 5.36. The van der Waals surface area contributed by atoms with Crippen LogP contribution in [-0.2, 0) is 13.2 Å². The van der Waals surface area contributed by atoms with Crippen LogP contribution in [0.25, 0.3) is 0 Å². The monoisotopic (exact) mass is 233 g/mol. The highest BCUT2D eigenvalue weighted by atomic mass is 16.5. The van der Waals surface area contributed by atoms with Crippen molar-refractivity contribution >= 4 is 0 Å². The summed E-state index contributed by atoms with van der Waals surface area (Å²) in [5.41, 5.74) is 5.45. The standard InChI is InChI=1S/C13H15NO3/c1-15-10-2-4-11(5-3-10)16-9-13-7-6-12(8-14)17-13/h2-7H,8-9,14H2,1H3. The van der Waals surface area contributed by atoms with Crippen molar-refractivity contribution in [3.63, 3.8) is 0 Å². The van der Waals surface area contributed by atoms with Crippen LogP contribution in [0.3, 0.4) is 0 Å².